The minimum absolute atomic E-state index is 1.22. The van der Waals surface area contributed by atoms with Crippen molar-refractivity contribution in [2.75, 3.05) is 0 Å². The summed E-state index contributed by atoms with van der Waals surface area (Å²) < 4.78 is 5.20. The lowest BCUT2D eigenvalue weighted by Crippen LogP contribution is -2.37. The van der Waals surface area contributed by atoms with Crippen molar-refractivity contribution in [3.63, 3.8) is 0 Å². The molecular weight excluding hydrogens is 460 g/mol. The van der Waals surface area contributed by atoms with Crippen LogP contribution in [0.2, 0.25) is 0 Å². The van der Waals surface area contributed by atoms with Crippen LogP contribution in [-0.2, 0) is 19.5 Å². The molecule has 1 heterocycles. The Balaban J connectivity index is 2.11. The topological polar surface area (TPSA) is 8.81 Å². The highest BCUT2D eigenvalue weighted by Gasteiger charge is 2.16. The highest BCUT2D eigenvalue weighted by molar-refractivity contribution is 4.84. The molecule has 0 amide bonds. The van der Waals surface area contributed by atoms with E-state index in [1.807, 2.05) is 0 Å². The summed E-state index contributed by atoms with van der Waals surface area (Å²) in [6.07, 6.45) is 44.5. The van der Waals surface area contributed by atoms with E-state index < -0.39 is 0 Å². The van der Waals surface area contributed by atoms with E-state index in [0.717, 1.165) is 0 Å². The van der Waals surface area contributed by atoms with E-state index >= 15 is 0 Å². The van der Waals surface area contributed by atoms with E-state index in [-0.39, 0.29) is 0 Å². The molecule has 38 heavy (non-hydrogen) atoms. The van der Waals surface area contributed by atoms with Crippen LogP contribution in [0.15, 0.2) is 12.4 Å². The third-order valence-electron chi connectivity index (χ3n) is 8.60. The summed E-state index contributed by atoms with van der Waals surface area (Å²) in [4.78, 5) is 0. The molecule has 0 saturated carbocycles. The number of hydrogen-bond donors (Lipinski definition) is 0. The third-order valence-corrected chi connectivity index (χ3v) is 8.60. The zero-order chi connectivity index (χ0) is 27.4. The Hall–Kier alpha value is -0.790. The molecule has 0 radical (unpaired) electrons. The van der Waals surface area contributed by atoms with Crippen molar-refractivity contribution in [2.45, 2.75) is 214 Å². The van der Waals surface area contributed by atoms with Crippen molar-refractivity contribution in [2.24, 2.45) is 0 Å². The monoisotopic (exact) mass is 532 g/mol. The number of nitrogens with zero attached hydrogens (tertiary/aromatic N) is 2. The van der Waals surface area contributed by atoms with Gasteiger partial charge in [0.15, 0.2) is 0 Å². The van der Waals surface area contributed by atoms with Gasteiger partial charge in [0.1, 0.15) is 12.4 Å². The van der Waals surface area contributed by atoms with E-state index in [0.29, 0.717) is 0 Å². The van der Waals surface area contributed by atoms with Gasteiger partial charge in [-0.2, -0.15) is 0 Å². The summed E-state index contributed by atoms with van der Waals surface area (Å²) in [7, 11) is 0. The van der Waals surface area contributed by atoms with Crippen LogP contribution in [0.1, 0.15) is 200 Å². The van der Waals surface area contributed by atoms with E-state index in [9.17, 15) is 0 Å². The van der Waals surface area contributed by atoms with Gasteiger partial charge < -0.3 is 0 Å². The molecule has 0 fully saturated rings. The Morgan fingerprint density at radius 3 is 1.26 bits per heavy atom. The van der Waals surface area contributed by atoms with E-state index in [4.69, 9.17) is 0 Å². The molecule has 0 atom stereocenters. The summed E-state index contributed by atoms with van der Waals surface area (Å²) in [6.45, 7) is 9.39. The number of imidazole rings is 1. The van der Waals surface area contributed by atoms with Crippen molar-refractivity contribution in [1.29, 1.82) is 0 Å². The predicted octanol–water partition coefficient (Wildman–Crippen LogP) is 11.9. The number of aryl methyl sites for hydroxylation is 2. The van der Waals surface area contributed by atoms with Crippen molar-refractivity contribution in [1.82, 2.24) is 4.57 Å². The Morgan fingerprint density at radius 1 is 0.447 bits per heavy atom. The first kappa shape index (κ1) is 35.2. The molecule has 0 unspecified atom stereocenters. The number of rotatable bonds is 30. The molecular formula is C36H71N2+. The normalized spacial score (nSPS) is 11.6. The quantitative estimate of drug-likeness (QED) is 0.0689. The first-order chi connectivity index (χ1) is 18.8. The van der Waals surface area contributed by atoms with Gasteiger partial charge in [0, 0.05) is 6.42 Å². The molecule has 1 aromatic heterocycles. The molecule has 2 heteroatoms. The maximum atomic E-state index is 2.60. The van der Waals surface area contributed by atoms with E-state index in [1.54, 1.807) is 5.82 Å². The molecule has 0 saturated heterocycles. The van der Waals surface area contributed by atoms with Crippen molar-refractivity contribution in [3.8, 4) is 0 Å². The summed E-state index contributed by atoms with van der Waals surface area (Å²) in [5, 5.41) is 0. The second kappa shape index (κ2) is 27.8. The molecule has 0 aliphatic carbocycles. The van der Waals surface area contributed by atoms with Gasteiger partial charge in [0.05, 0.1) is 13.1 Å². The lowest BCUT2D eigenvalue weighted by atomic mass is 10.0. The van der Waals surface area contributed by atoms with Gasteiger partial charge in [-0.05, 0) is 32.1 Å². The molecule has 1 aromatic rings. The smallest absolute Gasteiger partial charge is 0.234 e. The molecule has 0 aliphatic heterocycles. The second-order valence-electron chi connectivity index (χ2n) is 12.3. The Labute approximate surface area is 240 Å². The SMILES string of the molecule is CCCCCCCCCCCCCCCCCC[n+]1ccn(CCCCCCCCCC)c1CCCCC. The summed E-state index contributed by atoms with van der Waals surface area (Å²) in [5.41, 5.74) is 0. The van der Waals surface area contributed by atoms with Crippen LogP contribution in [0.25, 0.3) is 0 Å². The van der Waals surface area contributed by atoms with Gasteiger partial charge in [-0.1, -0.05) is 162 Å². The standard InChI is InChI=1S/C36H71N2/c1-4-7-10-12-14-16-17-18-19-20-21-22-23-25-27-30-33-38-35-34-37(36(38)31-28-9-6-3)32-29-26-24-15-13-11-8-5-2/h34-35H,4-33H2,1-3H3/q+1. The third kappa shape index (κ3) is 20.2. The van der Waals surface area contributed by atoms with Crippen LogP contribution in [0, 0.1) is 0 Å². The molecule has 1 rings (SSSR count). The van der Waals surface area contributed by atoms with Crippen molar-refractivity contribution in [3.05, 3.63) is 18.2 Å². The largest absolute Gasteiger partial charge is 0.256 e. The highest BCUT2D eigenvalue weighted by atomic mass is 15.1. The zero-order valence-electron chi connectivity index (χ0n) is 26.8. The van der Waals surface area contributed by atoms with Crippen LogP contribution in [0.4, 0.5) is 0 Å². The van der Waals surface area contributed by atoms with Gasteiger partial charge in [-0.3, -0.25) is 0 Å². The fraction of sp³-hybridized carbons (Fsp3) is 0.917. The Kier molecular flexibility index (Phi) is 25.7. The molecule has 0 aliphatic rings. The minimum atomic E-state index is 1.22. The lowest BCUT2D eigenvalue weighted by Gasteiger charge is -2.07. The molecule has 2 nitrogen and oxygen atoms in total. The first-order valence-corrected chi connectivity index (χ1v) is 17.9. The zero-order valence-corrected chi connectivity index (χ0v) is 26.8. The Morgan fingerprint density at radius 2 is 0.816 bits per heavy atom. The first-order valence-electron chi connectivity index (χ1n) is 17.9. The van der Waals surface area contributed by atoms with Crippen molar-refractivity contribution < 1.29 is 4.57 Å². The van der Waals surface area contributed by atoms with Gasteiger partial charge in [-0.25, -0.2) is 9.13 Å². The average molecular weight is 532 g/mol. The maximum Gasteiger partial charge on any atom is 0.256 e. The number of unbranched alkanes of at least 4 members (excludes halogenated alkanes) is 24. The molecule has 0 bridgehead atoms. The predicted molar refractivity (Wildman–Crippen MR) is 170 cm³/mol. The molecule has 0 aromatic carbocycles. The number of aromatic nitrogens is 2. The fourth-order valence-corrected chi connectivity index (χ4v) is 5.97. The van der Waals surface area contributed by atoms with Crippen LogP contribution >= 0.6 is 0 Å². The van der Waals surface area contributed by atoms with Gasteiger partial charge in [0.25, 0.3) is 5.82 Å². The van der Waals surface area contributed by atoms with Gasteiger partial charge in [-0.15, -0.1) is 0 Å². The minimum Gasteiger partial charge on any atom is -0.234 e. The van der Waals surface area contributed by atoms with Crippen LogP contribution in [0.5, 0.6) is 0 Å². The van der Waals surface area contributed by atoms with Gasteiger partial charge in [0.2, 0.25) is 0 Å². The van der Waals surface area contributed by atoms with Crippen LogP contribution in [0.3, 0.4) is 0 Å². The summed E-state index contributed by atoms with van der Waals surface area (Å²) in [6, 6.07) is 0. The molecule has 0 spiro atoms. The van der Waals surface area contributed by atoms with Crippen molar-refractivity contribution >= 4 is 0 Å². The van der Waals surface area contributed by atoms with E-state index in [2.05, 4.69) is 42.3 Å². The summed E-state index contributed by atoms with van der Waals surface area (Å²) >= 11 is 0. The highest BCUT2D eigenvalue weighted by Crippen LogP contribution is 2.14. The fourth-order valence-electron chi connectivity index (χ4n) is 5.97. The summed E-state index contributed by atoms with van der Waals surface area (Å²) in [5.74, 6) is 1.60. The van der Waals surface area contributed by atoms with E-state index in [1.165, 1.54) is 193 Å². The number of hydrogen-bond acceptors (Lipinski definition) is 0. The van der Waals surface area contributed by atoms with Gasteiger partial charge >= 0.3 is 0 Å². The second-order valence-corrected chi connectivity index (χ2v) is 12.3. The average Bonchev–Trinajstić information content (AvgIpc) is 3.31. The lowest BCUT2D eigenvalue weighted by molar-refractivity contribution is -0.704. The maximum absolute atomic E-state index is 2.60. The molecule has 0 N–H and O–H groups in total. The van der Waals surface area contributed by atoms with Crippen LogP contribution in [-0.4, -0.2) is 4.57 Å². The molecule has 224 valence electrons. The Bertz CT molecular complexity index is 590. The van der Waals surface area contributed by atoms with Crippen LogP contribution < -0.4 is 4.57 Å².